The molecule has 2 aliphatic rings. The summed E-state index contributed by atoms with van der Waals surface area (Å²) in [5.41, 5.74) is 1.84. The van der Waals surface area contributed by atoms with E-state index < -0.39 is 0 Å². The Bertz CT molecular complexity index is 970. The molecule has 6 nitrogen and oxygen atoms in total. The van der Waals surface area contributed by atoms with Gasteiger partial charge in [0.1, 0.15) is 5.82 Å². The first kappa shape index (κ1) is 19.4. The third-order valence-electron chi connectivity index (χ3n) is 5.80. The van der Waals surface area contributed by atoms with E-state index in [1.54, 1.807) is 24.3 Å². The van der Waals surface area contributed by atoms with E-state index in [2.05, 4.69) is 5.32 Å². The highest BCUT2D eigenvalue weighted by molar-refractivity contribution is 5.83. The van der Waals surface area contributed by atoms with Gasteiger partial charge in [-0.15, -0.1) is 0 Å². The molecule has 0 radical (unpaired) electrons. The number of pyridine rings is 1. The Kier molecular flexibility index (Phi) is 5.47. The quantitative estimate of drug-likeness (QED) is 0.839. The van der Waals surface area contributed by atoms with Crippen LogP contribution in [0.1, 0.15) is 36.4 Å². The van der Waals surface area contributed by atoms with Crippen LogP contribution in [-0.4, -0.2) is 34.4 Å². The number of fused-ring (bicyclic) bond motifs is 4. The molecule has 3 heterocycles. The van der Waals surface area contributed by atoms with E-state index in [-0.39, 0.29) is 47.9 Å². The van der Waals surface area contributed by atoms with Crippen molar-refractivity contribution in [2.75, 3.05) is 13.1 Å². The van der Waals surface area contributed by atoms with Crippen LogP contribution in [0.25, 0.3) is 0 Å². The van der Waals surface area contributed by atoms with Crippen molar-refractivity contribution >= 4 is 11.8 Å². The van der Waals surface area contributed by atoms with Crippen LogP contribution < -0.4 is 10.9 Å². The largest absolute Gasteiger partial charge is 0.352 e. The fourth-order valence-corrected chi connectivity index (χ4v) is 4.37. The molecular weight excluding hydrogens is 373 g/mol. The van der Waals surface area contributed by atoms with Gasteiger partial charge in [0.2, 0.25) is 11.8 Å². The van der Waals surface area contributed by atoms with Crippen LogP contribution in [0.4, 0.5) is 4.39 Å². The van der Waals surface area contributed by atoms with Gasteiger partial charge < -0.3 is 14.8 Å². The fraction of sp³-hybridized carbons (Fsp3) is 0.409. The number of hydrogen-bond donors (Lipinski definition) is 1. The summed E-state index contributed by atoms with van der Waals surface area (Å²) in [7, 11) is 0. The highest BCUT2D eigenvalue weighted by atomic mass is 19.1. The van der Waals surface area contributed by atoms with Crippen LogP contribution in [0.3, 0.4) is 0 Å². The maximum atomic E-state index is 12.9. The average Bonchev–Trinajstić information content (AvgIpc) is 2.72. The molecule has 29 heavy (non-hydrogen) atoms. The van der Waals surface area contributed by atoms with Gasteiger partial charge in [0.15, 0.2) is 0 Å². The fourth-order valence-electron chi connectivity index (χ4n) is 4.37. The zero-order valence-electron chi connectivity index (χ0n) is 16.1. The number of benzene rings is 1. The second-order valence-corrected chi connectivity index (χ2v) is 7.90. The molecule has 0 spiro atoms. The first-order valence-corrected chi connectivity index (χ1v) is 9.98. The molecule has 1 aromatic heterocycles. The van der Waals surface area contributed by atoms with Gasteiger partial charge in [-0.05, 0) is 36.1 Å². The zero-order valence-corrected chi connectivity index (χ0v) is 16.1. The Hall–Kier alpha value is -2.96. The van der Waals surface area contributed by atoms with Crippen molar-refractivity contribution in [3.8, 4) is 0 Å². The molecule has 0 aliphatic carbocycles. The minimum absolute atomic E-state index is 0.0230. The minimum atomic E-state index is -0.315. The minimum Gasteiger partial charge on any atom is -0.352 e. The van der Waals surface area contributed by atoms with Gasteiger partial charge in [-0.1, -0.05) is 18.2 Å². The lowest BCUT2D eigenvalue weighted by atomic mass is 9.83. The zero-order chi connectivity index (χ0) is 20.4. The molecule has 1 fully saturated rings. The van der Waals surface area contributed by atoms with Crippen LogP contribution in [0.2, 0.25) is 0 Å². The number of nitrogens with zero attached hydrogens (tertiary/aromatic N) is 2. The Morgan fingerprint density at radius 3 is 2.62 bits per heavy atom. The molecule has 1 saturated heterocycles. The van der Waals surface area contributed by atoms with E-state index in [4.69, 9.17) is 0 Å². The van der Waals surface area contributed by atoms with E-state index in [9.17, 15) is 18.8 Å². The third-order valence-corrected chi connectivity index (χ3v) is 5.80. The van der Waals surface area contributed by atoms with E-state index in [0.717, 1.165) is 17.7 Å². The number of aromatic nitrogens is 1. The van der Waals surface area contributed by atoms with E-state index >= 15 is 0 Å². The molecule has 1 N–H and O–H groups in total. The summed E-state index contributed by atoms with van der Waals surface area (Å²) in [5, 5.41) is 2.77. The molecule has 7 heteroatoms. The highest BCUT2D eigenvalue weighted by Gasteiger charge is 2.36. The topological polar surface area (TPSA) is 71.4 Å². The Morgan fingerprint density at radius 1 is 1.03 bits per heavy atom. The van der Waals surface area contributed by atoms with Crippen molar-refractivity contribution in [2.45, 2.75) is 38.3 Å². The van der Waals surface area contributed by atoms with Crippen molar-refractivity contribution < 1.29 is 14.0 Å². The Labute approximate surface area is 168 Å². The molecule has 1 aromatic carbocycles. The number of likely N-dealkylation sites (tertiary alicyclic amines) is 1. The van der Waals surface area contributed by atoms with Crippen molar-refractivity contribution in [3.05, 3.63) is 69.9 Å². The van der Waals surface area contributed by atoms with Gasteiger partial charge >= 0.3 is 0 Å². The number of amides is 2. The maximum Gasteiger partial charge on any atom is 0.250 e. The van der Waals surface area contributed by atoms with Gasteiger partial charge in [0, 0.05) is 56.7 Å². The molecule has 0 unspecified atom stereocenters. The standard InChI is InChI=1S/C22H24FN3O3/c23-18-6-4-15(5-7-18)11-24-20(27)8-9-21(28)25-12-16-10-17(14-25)19-2-1-3-22(29)26(19)13-16/h1-7,16-17H,8-14H2,(H,24,27)/t16-,17-/m0/s1. The second-order valence-electron chi connectivity index (χ2n) is 7.90. The lowest BCUT2D eigenvalue weighted by Gasteiger charge is -2.42. The van der Waals surface area contributed by atoms with Gasteiger partial charge in [0.25, 0.3) is 5.56 Å². The van der Waals surface area contributed by atoms with Gasteiger partial charge in [0.05, 0.1) is 0 Å². The number of halogens is 1. The molecule has 2 amide bonds. The van der Waals surface area contributed by atoms with E-state index in [0.29, 0.717) is 26.2 Å². The van der Waals surface area contributed by atoms with Crippen LogP contribution >= 0.6 is 0 Å². The number of piperidine rings is 1. The molecule has 0 saturated carbocycles. The highest BCUT2D eigenvalue weighted by Crippen LogP contribution is 2.35. The molecular formula is C22H24FN3O3. The maximum absolute atomic E-state index is 12.9. The number of carbonyl (C=O) groups excluding carboxylic acids is 2. The van der Waals surface area contributed by atoms with Crippen LogP contribution in [0, 0.1) is 11.7 Å². The Morgan fingerprint density at radius 2 is 1.83 bits per heavy atom. The van der Waals surface area contributed by atoms with Crippen LogP contribution in [0.5, 0.6) is 0 Å². The Balaban J connectivity index is 1.29. The lowest BCUT2D eigenvalue weighted by Crippen LogP contribution is -2.49. The molecule has 2 atom stereocenters. The average molecular weight is 397 g/mol. The van der Waals surface area contributed by atoms with Crippen molar-refractivity contribution in [3.63, 3.8) is 0 Å². The molecule has 2 aliphatic heterocycles. The van der Waals surface area contributed by atoms with Crippen molar-refractivity contribution in [1.82, 2.24) is 14.8 Å². The summed E-state index contributed by atoms with van der Waals surface area (Å²) in [4.78, 5) is 38.7. The first-order valence-electron chi connectivity index (χ1n) is 9.98. The van der Waals surface area contributed by atoms with E-state index in [1.807, 2.05) is 15.5 Å². The summed E-state index contributed by atoms with van der Waals surface area (Å²) in [5.74, 6) is -0.0881. The van der Waals surface area contributed by atoms with Gasteiger partial charge in [-0.25, -0.2) is 4.39 Å². The molecule has 4 rings (SSSR count). The summed E-state index contributed by atoms with van der Waals surface area (Å²) >= 11 is 0. The van der Waals surface area contributed by atoms with Crippen LogP contribution in [0.15, 0.2) is 47.3 Å². The second kappa shape index (κ2) is 8.19. The lowest BCUT2D eigenvalue weighted by molar-refractivity contribution is -0.136. The predicted octanol–water partition coefficient (Wildman–Crippen LogP) is 2.03. The van der Waals surface area contributed by atoms with E-state index in [1.165, 1.54) is 12.1 Å². The molecule has 152 valence electrons. The number of carbonyl (C=O) groups is 2. The number of hydrogen-bond acceptors (Lipinski definition) is 3. The normalized spacial score (nSPS) is 20.1. The van der Waals surface area contributed by atoms with Crippen molar-refractivity contribution in [2.24, 2.45) is 5.92 Å². The summed E-state index contributed by atoms with van der Waals surface area (Å²) < 4.78 is 14.7. The monoisotopic (exact) mass is 397 g/mol. The smallest absolute Gasteiger partial charge is 0.250 e. The van der Waals surface area contributed by atoms with Crippen LogP contribution in [-0.2, 0) is 22.7 Å². The SMILES string of the molecule is O=C(CCC(=O)N1C[C@@H]2C[C@@H](C1)c1cccc(=O)n1C2)NCc1ccc(F)cc1. The third kappa shape index (κ3) is 4.39. The molecule has 2 aromatic rings. The summed E-state index contributed by atoms with van der Waals surface area (Å²) in [6.45, 7) is 2.18. The number of rotatable bonds is 5. The predicted molar refractivity (Wildman–Crippen MR) is 106 cm³/mol. The summed E-state index contributed by atoms with van der Waals surface area (Å²) in [6, 6.07) is 11.3. The number of nitrogens with one attached hydrogen (secondary N) is 1. The molecule has 2 bridgehead atoms. The summed E-state index contributed by atoms with van der Waals surface area (Å²) in [6.07, 6.45) is 1.28. The van der Waals surface area contributed by atoms with Gasteiger partial charge in [-0.3, -0.25) is 14.4 Å². The van der Waals surface area contributed by atoms with Crippen molar-refractivity contribution in [1.29, 1.82) is 0 Å². The van der Waals surface area contributed by atoms with Gasteiger partial charge in [-0.2, -0.15) is 0 Å². The first-order chi connectivity index (χ1) is 14.0.